The normalized spacial score (nSPS) is 13.4. The molecule has 1 rings (SSSR count). The summed E-state index contributed by atoms with van der Waals surface area (Å²) >= 11 is 4.37. The Balaban J connectivity index is 3.07. The lowest BCUT2D eigenvalue weighted by atomic mass is 9.85. The smallest absolute Gasteiger partial charge is 0.122 e. The molecule has 0 amide bonds. The van der Waals surface area contributed by atoms with Crippen molar-refractivity contribution >= 4 is 12.6 Å². The minimum atomic E-state index is 0.184. The molecule has 0 radical (unpaired) electrons. The van der Waals surface area contributed by atoms with Crippen molar-refractivity contribution in [2.75, 3.05) is 12.4 Å². The van der Waals surface area contributed by atoms with Gasteiger partial charge in [0.25, 0.3) is 0 Å². The second kappa shape index (κ2) is 6.51. The molecule has 1 nitrogen and oxygen atoms in total. The van der Waals surface area contributed by atoms with Crippen LogP contribution in [0.15, 0.2) is 18.2 Å². The topological polar surface area (TPSA) is 9.23 Å². The van der Waals surface area contributed by atoms with Crippen molar-refractivity contribution in [1.29, 1.82) is 0 Å². The summed E-state index contributed by atoms with van der Waals surface area (Å²) in [5.41, 5.74) is 2.86. The van der Waals surface area contributed by atoms with Gasteiger partial charge in [-0.15, -0.1) is 0 Å². The summed E-state index contributed by atoms with van der Waals surface area (Å²) in [4.78, 5) is 0. The van der Waals surface area contributed by atoms with Gasteiger partial charge in [0.1, 0.15) is 5.75 Å². The van der Waals surface area contributed by atoms with Crippen LogP contribution in [-0.2, 0) is 11.8 Å². The largest absolute Gasteiger partial charge is 0.494 e. The average molecular weight is 266 g/mol. The molecule has 0 N–H and O–H groups in total. The standard InChI is InChI=1S/C16H26OS/c1-6-17-15-8-7-14(16(3,4)5)10-13(15)9-12(2)11-18/h7-8,10,12,18H,6,9,11H2,1-5H3. The maximum absolute atomic E-state index is 5.73. The lowest BCUT2D eigenvalue weighted by molar-refractivity contribution is 0.334. The first-order valence-electron chi connectivity index (χ1n) is 6.75. The molecule has 0 bridgehead atoms. The summed E-state index contributed by atoms with van der Waals surface area (Å²) in [5.74, 6) is 2.51. The van der Waals surface area contributed by atoms with E-state index in [9.17, 15) is 0 Å². The van der Waals surface area contributed by atoms with E-state index in [0.717, 1.165) is 24.5 Å². The van der Waals surface area contributed by atoms with Crippen LogP contribution in [0.1, 0.15) is 45.7 Å². The number of ether oxygens (including phenoxy) is 1. The molecule has 18 heavy (non-hydrogen) atoms. The van der Waals surface area contributed by atoms with Crippen LogP contribution in [0.25, 0.3) is 0 Å². The monoisotopic (exact) mass is 266 g/mol. The molecular weight excluding hydrogens is 240 g/mol. The SMILES string of the molecule is CCOc1ccc(C(C)(C)C)cc1CC(C)CS. The van der Waals surface area contributed by atoms with E-state index in [0.29, 0.717) is 5.92 Å². The highest BCUT2D eigenvalue weighted by molar-refractivity contribution is 7.80. The first-order chi connectivity index (χ1) is 8.38. The van der Waals surface area contributed by atoms with E-state index in [1.807, 2.05) is 6.92 Å². The summed E-state index contributed by atoms with van der Waals surface area (Å²) in [5, 5.41) is 0. The fraction of sp³-hybridized carbons (Fsp3) is 0.625. The van der Waals surface area contributed by atoms with Crippen molar-refractivity contribution in [3.8, 4) is 5.75 Å². The molecule has 1 unspecified atom stereocenters. The van der Waals surface area contributed by atoms with Gasteiger partial charge in [0.15, 0.2) is 0 Å². The number of hydrogen-bond donors (Lipinski definition) is 1. The second-order valence-electron chi connectivity index (χ2n) is 6.00. The van der Waals surface area contributed by atoms with E-state index in [1.165, 1.54) is 11.1 Å². The Morgan fingerprint density at radius 2 is 1.94 bits per heavy atom. The number of hydrogen-bond acceptors (Lipinski definition) is 2. The summed E-state index contributed by atoms with van der Waals surface area (Å²) in [6, 6.07) is 6.59. The Labute approximate surface area is 117 Å². The fourth-order valence-corrected chi connectivity index (χ4v) is 2.07. The summed E-state index contributed by atoms with van der Waals surface area (Å²) in [7, 11) is 0. The Morgan fingerprint density at radius 1 is 1.28 bits per heavy atom. The van der Waals surface area contributed by atoms with Crippen LogP contribution in [-0.4, -0.2) is 12.4 Å². The van der Waals surface area contributed by atoms with Crippen LogP contribution in [0, 0.1) is 5.92 Å². The number of benzene rings is 1. The molecule has 0 aliphatic rings. The van der Waals surface area contributed by atoms with Crippen molar-refractivity contribution < 1.29 is 4.74 Å². The molecular formula is C16H26OS. The van der Waals surface area contributed by atoms with Gasteiger partial charge in [-0.25, -0.2) is 0 Å². The molecule has 0 spiro atoms. The zero-order valence-corrected chi connectivity index (χ0v) is 13.2. The molecule has 0 saturated heterocycles. The zero-order valence-electron chi connectivity index (χ0n) is 12.3. The highest BCUT2D eigenvalue weighted by Crippen LogP contribution is 2.29. The minimum absolute atomic E-state index is 0.184. The molecule has 0 fully saturated rings. The van der Waals surface area contributed by atoms with Crippen molar-refractivity contribution in [3.05, 3.63) is 29.3 Å². The van der Waals surface area contributed by atoms with E-state index in [-0.39, 0.29) is 5.41 Å². The molecule has 0 aliphatic carbocycles. The number of thiol groups is 1. The van der Waals surface area contributed by atoms with E-state index in [4.69, 9.17) is 4.74 Å². The molecule has 0 aliphatic heterocycles. The van der Waals surface area contributed by atoms with Crippen LogP contribution < -0.4 is 4.74 Å². The summed E-state index contributed by atoms with van der Waals surface area (Å²) in [6.07, 6.45) is 1.03. The molecule has 0 saturated carbocycles. The predicted molar refractivity (Wildman–Crippen MR) is 83.0 cm³/mol. The van der Waals surface area contributed by atoms with Gasteiger partial charge in [-0.1, -0.05) is 39.8 Å². The van der Waals surface area contributed by atoms with E-state index < -0.39 is 0 Å². The van der Waals surface area contributed by atoms with E-state index in [2.05, 4.69) is 58.5 Å². The van der Waals surface area contributed by atoms with Crippen molar-refractivity contribution in [2.45, 2.75) is 46.5 Å². The van der Waals surface area contributed by atoms with Gasteiger partial charge in [-0.3, -0.25) is 0 Å². The fourth-order valence-electron chi connectivity index (χ4n) is 1.94. The first kappa shape index (κ1) is 15.4. The first-order valence-corrected chi connectivity index (χ1v) is 7.38. The van der Waals surface area contributed by atoms with Gasteiger partial charge in [0.05, 0.1) is 6.61 Å². The quantitative estimate of drug-likeness (QED) is 0.773. The molecule has 2 heteroatoms. The van der Waals surface area contributed by atoms with Gasteiger partial charge >= 0.3 is 0 Å². The lowest BCUT2D eigenvalue weighted by Gasteiger charge is -2.22. The second-order valence-corrected chi connectivity index (χ2v) is 6.36. The summed E-state index contributed by atoms with van der Waals surface area (Å²) in [6.45, 7) is 11.7. The Hall–Kier alpha value is -0.630. The molecule has 1 atom stereocenters. The van der Waals surface area contributed by atoms with Gasteiger partial charge in [0.2, 0.25) is 0 Å². The maximum Gasteiger partial charge on any atom is 0.122 e. The zero-order chi connectivity index (χ0) is 13.8. The van der Waals surface area contributed by atoms with Gasteiger partial charge in [-0.05, 0) is 47.6 Å². The number of rotatable bonds is 5. The third-order valence-electron chi connectivity index (χ3n) is 3.11. The maximum atomic E-state index is 5.73. The molecule has 1 aromatic rings. The van der Waals surface area contributed by atoms with Gasteiger partial charge in [-0.2, -0.15) is 12.6 Å². The van der Waals surface area contributed by atoms with Crippen LogP contribution in [0.2, 0.25) is 0 Å². The highest BCUT2D eigenvalue weighted by atomic mass is 32.1. The molecule has 102 valence electrons. The summed E-state index contributed by atoms with van der Waals surface area (Å²) < 4.78 is 5.73. The molecule has 1 aromatic carbocycles. The Morgan fingerprint density at radius 3 is 2.44 bits per heavy atom. The predicted octanol–water partition coefficient (Wildman–Crippen LogP) is 4.49. The van der Waals surface area contributed by atoms with E-state index >= 15 is 0 Å². The van der Waals surface area contributed by atoms with Crippen LogP contribution >= 0.6 is 12.6 Å². The Bertz CT molecular complexity index is 379. The van der Waals surface area contributed by atoms with E-state index in [1.54, 1.807) is 0 Å². The molecule has 0 aromatic heterocycles. The van der Waals surface area contributed by atoms with Crippen molar-refractivity contribution in [1.82, 2.24) is 0 Å². The lowest BCUT2D eigenvalue weighted by Crippen LogP contribution is -2.13. The van der Waals surface area contributed by atoms with Crippen LogP contribution in [0.3, 0.4) is 0 Å². The van der Waals surface area contributed by atoms with Crippen LogP contribution in [0.5, 0.6) is 5.75 Å². The minimum Gasteiger partial charge on any atom is -0.494 e. The Kier molecular flexibility index (Phi) is 5.58. The van der Waals surface area contributed by atoms with Crippen molar-refractivity contribution in [2.24, 2.45) is 5.92 Å². The van der Waals surface area contributed by atoms with Crippen LogP contribution in [0.4, 0.5) is 0 Å². The van der Waals surface area contributed by atoms with Gasteiger partial charge in [0, 0.05) is 0 Å². The highest BCUT2D eigenvalue weighted by Gasteiger charge is 2.16. The third kappa shape index (κ3) is 4.24. The van der Waals surface area contributed by atoms with Crippen molar-refractivity contribution in [3.63, 3.8) is 0 Å². The average Bonchev–Trinajstić information content (AvgIpc) is 2.30. The molecule has 0 heterocycles. The van der Waals surface area contributed by atoms with Gasteiger partial charge < -0.3 is 4.74 Å². The third-order valence-corrected chi connectivity index (χ3v) is 3.73.